The average molecular weight is 420 g/mol. The number of imidazole rings is 1. The van der Waals surface area contributed by atoms with Gasteiger partial charge in [-0.25, -0.2) is 9.78 Å². The van der Waals surface area contributed by atoms with Crippen molar-refractivity contribution in [2.75, 3.05) is 6.61 Å². The molecule has 0 atom stereocenters. The lowest BCUT2D eigenvalue weighted by atomic mass is 9.86. The Morgan fingerprint density at radius 2 is 2.21 bits per heavy atom. The number of carboxylic acids is 1. The molecule has 0 aliphatic heterocycles. The first kappa shape index (κ1) is 19.4. The first-order valence-corrected chi connectivity index (χ1v) is 9.98. The lowest BCUT2D eigenvalue weighted by Crippen LogP contribution is -2.20. The molecule has 1 aliphatic carbocycles. The van der Waals surface area contributed by atoms with E-state index in [1.165, 1.54) is 21.8 Å². The van der Waals surface area contributed by atoms with Gasteiger partial charge in [0, 0.05) is 17.1 Å². The maximum Gasteiger partial charge on any atom is 0.387 e. The van der Waals surface area contributed by atoms with Crippen LogP contribution in [0.15, 0.2) is 29.8 Å². The van der Waals surface area contributed by atoms with E-state index in [4.69, 9.17) is 4.74 Å². The summed E-state index contributed by atoms with van der Waals surface area (Å²) in [7, 11) is 0. The van der Waals surface area contributed by atoms with Crippen LogP contribution in [-0.2, 0) is 0 Å². The third-order valence-corrected chi connectivity index (χ3v) is 5.58. The smallest absolute Gasteiger partial charge is 0.387 e. The Hall–Kier alpha value is -2.94. The normalized spacial score (nSPS) is 14.6. The number of nitrogens with zero attached hydrogens (tertiary/aromatic N) is 2. The number of fused-ring (bicyclic) bond motifs is 1. The second kappa shape index (κ2) is 8.20. The van der Waals surface area contributed by atoms with Crippen molar-refractivity contribution in [3.63, 3.8) is 0 Å². The predicted octanol–water partition coefficient (Wildman–Crippen LogP) is 5.04. The van der Waals surface area contributed by atoms with Gasteiger partial charge in [-0.05, 0) is 37.0 Å². The van der Waals surface area contributed by atoms with Crippen molar-refractivity contribution in [3.8, 4) is 11.5 Å². The number of benzene rings is 1. The summed E-state index contributed by atoms with van der Waals surface area (Å²) in [6.07, 6.45) is 8.03. The van der Waals surface area contributed by atoms with E-state index in [0.717, 1.165) is 19.3 Å². The Labute approximate surface area is 169 Å². The molecule has 1 saturated carbocycles. The summed E-state index contributed by atoms with van der Waals surface area (Å²) in [5.41, 5.74) is 0.819. The van der Waals surface area contributed by atoms with Crippen molar-refractivity contribution in [3.05, 3.63) is 46.7 Å². The highest BCUT2D eigenvalue weighted by Crippen LogP contribution is 2.36. The van der Waals surface area contributed by atoms with E-state index < -0.39 is 12.6 Å². The first-order chi connectivity index (χ1) is 14.0. The summed E-state index contributed by atoms with van der Waals surface area (Å²) in [5, 5.41) is 11.3. The topological polar surface area (TPSA) is 73.1 Å². The quantitative estimate of drug-likeness (QED) is 0.552. The van der Waals surface area contributed by atoms with Crippen molar-refractivity contribution in [2.45, 2.75) is 25.9 Å². The zero-order valence-corrected chi connectivity index (χ0v) is 16.1. The Morgan fingerprint density at radius 3 is 2.90 bits per heavy atom. The number of ether oxygens (including phenoxy) is 2. The van der Waals surface area contributed by atoms with Crippen molar-refractivity contribution < 1.29 is 28.2 Å². The molecule has 3 aromatic rings. The highest BCUT2D eigenvalue weighted by Gasteiger charge is 2.21. The van der Waals surface area contributed by atoms with Crippen LogP contribution in [0.25, 0.3) is 17.1 Å². The third-order valence-electron chi connectivity index (χ3n) is 4.83. The number of hydrogen-bond donors (Lipinski definition) is 1. The molecule has 152 valence electrons. The molecule has 0 amide bonds. The zero-order valence-electron chi connectivity index (χ0n) is 15.3. The lowest BCUT2D eigenvalue weighted by Gasteiger charge is -2.26. The number of halogens is 2. The number of carboxylic acid groups (broad SMARTS) is 1. The Balaban J connectivity index is 1.67. The average Bonchev–Trinajstić information content (AvgIpc) is 3.19. The van der Waals surface area contributed by atoms with Crippen molar-refractivity contribution in [2.24, 2.45) is 5.92 Å². The van der Waals surface area contributed by atoms with Crippen LogP contribution in [0.2, 0.25) is 0 Å². The number of alkyl halides is 2. The van der Waals surface area contributed by atoms with E-state index >= 15 is 0 Å². The Morgan fingerprint density at radius 1 is 1.38 bits per heavy atom. The monoisotopic (exact) mass is 420 g/mol. The zero-order chi connectivity index (χ0) is 20.4. The maximum absolute atomic E-state index is 12.8. The molecule has 0 radical (unpaired) electrons. The summed E-state index contributed by atoms with van der Waals surface area (Å²) in [6, 6.07) is 4.70. The summed E-state index contributed by atoms with van der Waals surface area (Å²) >= 11 is 1.32. The molecule has 9 heteroatoms. The van der Waals surface area contributed by atoms with Crippen LogP contribution in [0, 0.1) is 5.92 Å². The van der Waals surface area contributed by atoms with Crippen molar-refractivity contribution >= 4 is 34.4 Å². The first-order valence-electron chi connectivity index (χ1n) is 9.10. The molecule has 0 saturated heterocycles. The van der Waals surface area contributed by atoms with Crippen LogP contribution < -0.4 is 9.47 Å². The van der Waals surface area contributed by atoms with E-state index in [1.54, 1.807) is 35.9 Å². The van der Waals surface area contributed by atoms with Gasteiger partial charge in [0.05, 0.1) is 12.3 Å². The standard InChI is InChI=1S/C20H18F2N2O4S/c21-19(22)28-15-6-2-5-13(17(15)27-11-12-3-1-4-12)7-8-14-16(18(25)26)24-9-10-29-20(24)23-14/h2,5-10,12,19H,1,3-4,11H2,(H,25,26). The van der Waals surface area contributed by atoms with Gasteiger partial charge in [-0.1, -0.05) is 18.6 Å². The largest absolute Gasteiger partial charge is 0.489 e. The Bertz CT molecular complexity index is 1060. The molecule has 1 aromatic carbocycles. The fraction of sp³-hybridized carbons (Fsp3) is 0.300. The van der Waals surface area contributed by atoms with Crippen LogP contribution in [-0.4, -0.2) is 33.7 Å². The highest BCUT2D eigenvalue weighted by molar-refractivity contribution is 7.15. The third kappa shape index (κ3) is 4.09. The van der Waals surface area contributed by atoms with Gasteiger partial charge >= 0.3 is 12.6 Å². The number of rotatable bonds is 8. The molecule has 2 heterocycles. The van der Waals surface area contributed by atoms with Gasteiger partial charge in [0.1, 0.15) is 0 Å². The van der Waals surface area contributed by atoms with E-state index in [9.17, 15) is 18.7 Å². The summed E-state index contributed by atoms with van der Waals surface area (Å²) in [5.74, 6) is -0.531. The fourth-order valence-corrected chi connectivity index (χ4v) is 3.89. The van der Waals surface area contributed by atoms with Crippen LogP contribution in [0.1, 0.15) is 41.0 Å². The van der Waals surface area contributed by atoms with Gasteiger partial charge in [0.25, 0.3) is 0 Å². The van der Waals surface area contributed by atoms with Gasteiger partial charge in [0.15, 0.2) is 22.2 Å². The SMILES string of the molecule is O=C(O)c1c(C=Cc2cccc(OC(F)F)c2OCC2CCC2)nc2sccn12. The maximum atomic E-state index is 12.8. The molecular weight excluding hydrogens is 402 g/mol. The van der Waals surface area contributed by atoms with Gasteiger partial charge in [-0.3, -0.25) is 4.40 Å². The lowest BCUT2D eigenvalue weighted by molar-refractivity contribution is -0.0517. The molecule has 0 bridgehead atoms. The second-order valence-electron chi connectivity index (χ2n) is 6.70. The van der Waals surface area contributed by atoms with Crippen LogP contribution in [0.4, 0.5) is 8.78 Å². The number of aromatic nitrogens is 2. The minimum absolute atomic E-state index is 0.0365. The molecule has 0 unspecified atom stereocenters. The van der Waals surface area contributed by atoms with Crippen molar-refractivity contribution in [1.29, 1.82) is 0 Å². The molecule has 0 spiro atoms. The molecule has 4 rings (SSSR count). The number of aromatic carboxylic acids is 1. The highest BCUT2D eigenvalue weighted by atomic mass is 32.1. The summed E-state index contributed by atoms with van der Waals surface area (Å²) < 4.78 is 37.6. The summed E-state index contributed by atoms with van der Waals surface area (Å²) in [6.45, 7) is -2.55. The van der Waals surface area contributed by atoms with Gasteiger partial charge < -0.3 is 14.6 Å². The molecule has 29 heavy (non-hydrogen) atoms. The number of hydrogen-bond acceptors (Lipinski definition) is 5. The molecule has 1 aliphatic rings. The number of thiazole rings is 1. The number of carbonyl (C=O) groups is 1. The van der Waals surface area contributed by atoms with Gasteiger partial charge in [-0.2, -0.15) is 8.78 Å². The van der Waals surface area contributed by atoms with Gasteiger partial charge in [0.2, 0.25) is 0 Å². The molecule has 6 nitrogen and oxygen atoms in total. The molecule has 1 N–H and O–H groups in total. The van der Waals surface area contributed by atoms with E-state index in [2.05, 4.69) is 9.72 Å². The minimum atomic E-state index is -2.97. The number of para-hydroxylation sites is 1. The van der Waals surface area contributed by atoms with E-state index in [-0.39, 0.29) is 22.9 Å². The van der Waals surface area contributed by atoms with E-state index in [1.807, 2.05) is 0 Å². The van der Waals surface area contributed by atoms with Crippen LogP contribution in [0.3, 0.4) is 0 Å². The molecule has 1 fully saturated rings. The van der Waals surface area contributed by atoms with Crippen LogP contribution in [0.5, 0.6) is 11.5 Å². The minimum Gasteiger partial charge on any atom is -0.489 e. The van der Waals surface area contributed by atoms with E-state index in [0.29, 0.717) is 23.0 Å². The fourth-order valence-electron chi connectivity index (χ4n) is 3.17. The summed E-state index contributed by atoms with van der Waals surface area (Å²) in [4.78, 5) is 16.5. The molecule has 2 aromatic heterocycles. The Kier molecular flexibility index (Phi) is 5.48. The molecular formula is C20H18F2N2O4S. The second-order valence-corrected chi connectivity index (χ2v) is 7.57. The van der Waals surface area contributed by atoms with Crippen LogP contribution >= 0.6 is 11.3 Å². The van der Waals surface area contributed by atoms with Gasteiger partial charge in [-0.15, -0.1) is 11.3 Å². The predicted molar refractivity (Wildman–Crippen MR) is 105 cm³/mol. The van der Waals surface area contributed by atoms with Crippen molar-refractivity contribution in [1.82, 2.24) is 9.38 Å².